The van der Waals surface area contributed by atoms with Crippen LogP contribution in [0.25, 0.3) is 0 Å². The standard InChI is InChI=1S/C15H20ClNO2/c1-2-19-15(18)13-6-8-17(9-7-13)11-12-4-3-5-14(16)10-12/h3-5,10,13H,2,6-9,11H2,1H3/p+1. The third-order valence-electron chi connectivity index (χ3n) is 3.66. The summed E-state index contributed by atoms with van der Waals surface area (Å²) in [6, 6.07) is 8.01. The number of halogens is 1. The normalized spacial score (nSPS) is 23.1. The molecule has 0 bridgehead atoms. The second kappa shape index (κ2) is 6.92. The summed E-state index contributed by atoms with van der Waals surface area (Å²) in [6.07, 6.45) is 1.85. The summed E-state index contributed by atoms with van der Waals surface area (Å²) in [5.41, 5.74) is 1.26. The Morgan fingerprint density at radius 1 is 1.42 bits per heavy atom. The van der Waals surface area contributed by atoms with Crippen LogP contribution < -0.4 is 4.90 Å². The second-order valence-corrected chi connectivity index (χ2v) is 5.52. The van der Waals surface area contributed by atoms with Gasteiger partial charge in [-0.3, -0.25) is 4.79 Å². The monoisotopic (exact) mass is 282 g/mol. The van der Waals surface area contributed by atoms with Crippen LogP contribution in [0.5, 0.6) is 0 Å². The number of hydrogen-bond donors (Lipinski definition) is 1. The number of quaternary nitrogens is 1. The molecule has 1 aliphatic rings. The van der Waals surface area contributed by atoms with Crippen molar-refractivity contribution in [3.63, 3.8) is 0 Å². The molecule has 1 fully saturated rings. The summed E-state index contributed by atoms with van der Waals surface area (Å²) < 4.78 is 5.08. The Hall–Kier alpha value is -1.06. The molecule has 3 nitrogen and oxygen atoms in total. The van der Waals surface area contributed by atoms with Crippen molar-refractivity contribution in [1.29, 1.82) is 0 Å². The van der Waals surface area contributed by atoms with Crippen LogP contribution in [0, 0.1) is 5.92 Å². The number of ether oxygens (including phenoxy) is 1. The highest BCUT2D eigenvalue weighted by molar-refractivity contribution is 6.30. The van der Waals surface area contributed by atoms with E-state index in [0.29, 0.717) is 6.61 Å². The van der Waals surface area contributed by atoms with E-state index in [0.717, 1.165) is 37.5 Å². The van der Waals surface area contributed by atoms with E-state index in [4.69, 9.17) is 16.3 Å². The fourth-order valence-corrected chi connectivity index (χ4v) is 2.85. The molecule has 1 saturated heterocycles. The smallest absolute Gasteiger partial charge is 0.309 e. The highest BCUT2D eigenvalue weighted by Gasteiger charge is 2.28. The van der Waals surface area contributed by atoms with Crippen molar-refractivity contribution < 1.29 is 14.4 Å². The molecule has 2 rings (SSSR count). The third-order valence-corrected chi connectivity index (χ3v) is 3.89. The number of likely N-dealkylation sites (tertiary alicyclic amines) is 1. The molecule has 1 aromatic carbocycles. The molecular weight excluding hydrogens is 262 g/mol. The van der Waals surface area contributed by atoms with Gasteiger partial charge in [0.25, 0.3) is 0 Å². The average Bonchev–Trinajstić information content (AvgIpc) is 2.40. The maximum Gasteiger partial charge on any atom is 0.309 e. The van der Waals surface area contributed by atoms with Crippen molar-refractivity contribution >= 4 is 17.6 Å². The lowest BCUT2D eigenvalue weighted by Crippen LogP contribution is -3.11. The van der Waals surface area contributed by atoms with Gasteiger partial charge in [0.2, 0.25) is 0 Å². The zero-order valence-electron chi connectivity index (χ0n) is 11.3. The van der Waals surface area contributed by atoms with Crippen molar-refractivity contribution in [3.05, 3.63) is 34.9 Å². The minimum Gasteiger partial charge on any atom is -0.466 e. The van der Waals surface area contributed by atoms with E-state index >= 15 is 0 Å². The summed E-state index contributed by atoms with van der Waals surface area (Å²) in [5, 5.41) is 0.790. The maximum absolute atomic E-state index is 11.7. The fourth-order valence-electron chi connectivity index (χ4n) is 2.63. The van der Waals surface area contributed by atoms with Crippen LogP contribution in [0.15, 0.2) is 24.3 Å². The molecule has 0 aromatic heterocycles. The SMILES string of the molecule is CCOC(=O)C1CC[NH+](Cc2cccc(Cl)c2)CC1. The van der Waals surface area contributed by atoms with Crippen molar-refractivity contribution in [2.45, 2.75) is 26.3 Å². The van der Waals surface area contributed by atoms with Gasteiger partial charge in [0, 0.05) is 23.4 Å². The maximum atomic E-state index is 11.7. The van der Waals surface area contributed by atoms with Gasteiger partial charge in [0.15, 0.2) is 0 Å². The van der Waals surface area contributed by atoms with E-state index in [-0.39, 0.29) is 11.9 Å². The van der Waals surface area contributed by atoms with Gasteiger partial charge in [-0.25, -0.2) is 0 Å². The molecule has 0 atom stereocenters. The molecule has 0 saturated carbocycles. The van der Waals surface area contributed by atoms with Crippen molar-refractivity contribution in [3.8, 4) is 0 Å². The lowest BCUT2D eigenvalue weighted by atomic mass is 9.96. The van der Waals surface area contributed by atoms with Crippen molar-refractivity contribution in [1.82, 2.24) is 0 Å². The number of nitrogens with one attached hydrogen (secondary N) is 1. The summed E-state index contributed by atoms with van der Waals surface area (Å²) >= 11 is 5.99. The molecule has 0 amide bonds. The Kier molecular flexibility index (Phi) is 5.23. The number of carbonyl (C=O) groups excluding carboxylic acids is 1. The summed E-state index contributed by atoms with van der Waals surface area (Å²) in [7, 11) is 0. The Morgan fingerprint density at radius 2 is 2.16 bits per heavy atom. The Labute approximate surface area is 119 Å². The summed E-state index contributed by atoms with van der Waals surface area (Å²) in [4.78, 5) is 13.2. The van der Waals surface area contributed by atoms with E-state index in [2.05, 4.69) is 6.07 Å². The van der Waals surface area contributed by atoms with Crippen molar-refractivity contribution in [2.24, 2.45) is 5.92 Å². The van der Waals surface area contributed by atoms with Crippen LogP contribution in [0.4, 0.5) is 0 Å². The highest BCUT2D eigenvalue weighted by atomic mass is 35.5. The van der Waals surface area contributed by atoms with Gasteiger partial charge in [-0.1, -0.05) is 23.7 Å². The molecule has 0 radical (unpaired) electrons. The zero-order valence-corrected chi connectivity index (χ0v) is 12.1. The molecule has 1 N–H and O–H groups in total. The third kappa shape index (κ3) is 4.22. The minimum atomic E-state index is -0.0238. The fraction of sp³-hybridized carbons (Fsp3) is 0.533. The molecule has 1 aliphatic heterocycles. The van der Waals surface area contributed by atoms with Crippen LogP contribution in [0.2, 0.25) is 5.02 Å². The number of esters is 1. The number of carbonyl (C=O) groups is 1. The molecule has 19 heavy (non-hydrogen) atoms. The van der Waals surface area contributed by atoms with Crippen LogP contribution in [-0.4, -0.2) is 25.7 Å². The number of hydrogen-bond acceptors (Lipinski definition) is 2. The minimum absolute atomic E-state index is 0.0238. The first-order valence-electron chi connectivity index (χ1n) is 6.93. The van der Waals surface area contributed by atoms with Gasteiger partial charge in [-0.2, -0.15) is 0 Å². The number of rotatable bonds is 4. The first-order chi connectivity index (χ1) is 9.19. The van der Waals surface area contributed by atoms with E-state index in [1.807, 2.05) is 25.1 Å². The topological polar surface area (TPSA) is 30.7 Å². The van der Waals surface area contributed by atoms with Gasteiger partial charge in [0.1, 0.15) is 6.54 Å². The predicted octanol–water partition coefficient (Wildman–Crippen LogP) is 1.70. The van der Waals surface area contributed by atoms with Gasteiger partial charge in [-0.05, 0) is 19.1 Å². The molecule has 1 heterocycles. The molecular formula is C15H21ClNO2+. The van der Waals surface area contributed by atoms with Gasteiger partial charge >= 0.3 is 5.97 Å². The largest absolute Gasteiger partial charge is 0.466 e. The highest BCUT2D eigenvalue weighted by Crippen LogP contribution is 2.13. The molecule has 104 valence electrons. The van der Waals surface area contributed by atoms with Crippen LogP contribution in [0.1, 0.15) is 25.3 Å². The quantitative estimate of drug-likeness (QED) is 0.852. The Balaban J connectivity index is 1.82. The lowest BCUT2D eigenvalue weighted by Gasteiger charge is -2.28. The summed E-state index contributed by atoms with van der Waals surface area (Å²) in [6.45, 7) is 5.37. The van der Waals surface area contributed by atoms with E-state index in [1.54, 1.807) is 0 Å². The lowest BCUT2D eigenvalue weighted by molar-refractivity contribution is -0.919. The first-order valence-corrected chi connectivity index (χ1v) is 7.31. The molecule has 0 unspecified atom stereocenters. The number of piperidine rings is 1. The van der Waals surface area contributed by atoms with E-state index in [1.165, 1.54) is 10.5 Å². The summed E-state index contributed by atoms with van der Waals surface area (Å²) in [5.74, 6) is 0.0763. The van der Waals surface area contributed by atoms with Gasteiger partial charge in [0.05, 0.1) is 25.6 Å². The predicted molar refractivity (Wildman–Crippen MR) is 75.2 cm³/mol. The zero-order chi connectivity index (χ0) is 13.7. The van der Waals surface area contributed by atoms with Gasteiger partial charge < -0.3 is 9.64 Å². The first kappa shape index (κ1) is 14.4. The number of benzene rings is 1. The van der Waals surface area contributed by atoms with E-state index in [9.17, 15) is 4.79 Å². The van der Waals surface area contributed by atoms with Crippen molar-refractivity contribution in [2.75, 3.05) is 19.7 Å². The van der Waals surface area contributed by atoms with Crippen LogP contribution >= 0.6 is 11.6 Å². The molecule has 0 aliphatic carbocycles. The van der Waals surface area contributed by atoms with Crippen LogP contribution in [0.3, 0.4) is 0 Å². The molecule has 4 heteroatoms. The van der Waals surface area contributed by atoms with Gasteiger partial charge in [-0.15, -0.1) is 0 Å². The second-order valence-electron chi connectivity index (χ2n) is 5.08. The average molecular weight is 283 g/mol. The Morgan fingerprint density at radius 3 is 2.79 bits per heavy atom. The molecule has 1 aromatic rings. The van der Waals surface area contributed by atoms with Crippen LogP contribution in [-0.2, 0) is 16.1 Å². The Bertz CT molecular complexity index is 428. The van der Waals surface area contributed by atoms with E-state index < -0.39 is 0 Å². The molecule has 0 spiro atoms.